The SMILES string of the molecule is O=C(NC[C@H](O)c1ccc(-c2ccsc2)o1)C1CCC1. The molecule has 0 bridgehead atoms. The summed E-state index contributed by atoms with van der Waals surface area (Å²) in [7, 11) is 0. The fraction of sp³-hybridized carbons (Fsp3) is 0.400. The van der Waals surface area contributed by atoms with E-state index in [2.05, 4.69) is 5.32 Å². The number of rotatable bonds is 5. The number of aliphatic hydroxyl groups is 1. The quantitative estimate of drug-likeness (QED) is 0.890. The van der Waals surface area contributed by atoms with Gasteiger partial charge in [-0.25, -0.2) is 0 Å². The van der Waals surface area contributed by atoms with Gasteiger partial charge in [0.05, 0.1) is 6.54 Å². The van der Waals surface area contributed by atoms with Gasteiger partial charge < -0.3 is 14.8 Å². The van der Waals surface area contributed by atoms with E-state index in [1.165, 1.54) is 0 Å². The number of carbonyl (C=O) groups excluding carboxylic acids is 1. The van der Waals surface area contributed by atoms with Gasteiger partial charge in [-0.3, -0.25) is 4.79 Å². The second-order valence-corrected chi connectivity index (χ2v) is 5.88. The molecular weight excluding hydrogens is 274 g/mol. The molecule has 1 fully saturated rings. The van der Waals surface area contributed by atoms with Crippen LogP contribution in [0, 0.1) is 5.92 Å². The van der Waals surface area contributed by atoms with Crippen molar-refractivity contribution in [3.63, 3.8) is 0 Å². The first-order valence-corrected chi connectivity index (χ1v) is 7.76. The van der Waals surface area contributed by atoms with Crippen LogP contribution in [0.2, 0.25) is 0 Å². The van der Waals surface area contributed by atoms with Crippen molar-refractivity contribution < 1.29 is 14.3 Å². The van der Waals surface area contributed by atoms with Crippen molar-refractivity contribution in [1.82, 2.24) is 5.32 Å². The molecule has 0 spiro atoms. The van der Waals surface area contributed by atoms with Crippen molar-refractivity contribution in [2.24, 2.45) is 5.92 Å². The van der Waals surface area contributed by atoms with Crippen molar-refractivity contribution in [2.75, 3.05) is 6.54 Å². The molecule has 2 aromatic rings. The van der Waals surface area contributed by atoms with Crippen LogP contribution in [0.4, 0.5) is 0 Å². The highest BCUT2D eigenvalue weighted by Crippen LogP contribution is 2.28. The van der Waals surface area contributed by atoms with Crippen LogP contribution in [0.25, 0.3) is 11.3 Å². The molecule has 1 atom stereocenters. The van der Waals surface area contributed by atoms with E-state index < -0.39 is 6.10 Å². The number of amides is 1. The first-order valence-electron chi connectivity index (χ1n) is 6.82. The summed E-state index contributed by atoms with van der Waals surface area (Å²) in [4.78, 5) is 11.7. The van der Waals surface area contributed by atoms with E-state index in [4.69, 9.17) is 4.42 Å². The smallest absolute Gasteiger partial charge is 0.223 e. The summed E-state index contributed by atoms with van der Waals surface area (Å²) < 4.78 is 5.63. The minimum atomic E-state index is -0.800. The molecule has 2 heterocycles. The Kier molecular flexibility index (Phi) is 3.89. The van der Waals surface area contributed by atoms with Gasteiger partial charge in [-0.2, -0.15) is 11.3 Å². The zero-order valence-electron chi connectivity index (χ0n) is 11.0. The molecule has 3 rings (SSSR count). The van der Waals surface area contributed by atoms with E-state index in [0.29, 0.717) is 5.76 Å². The number of carbonyl (C=O) groups is 1. The zero-order valence-corrected chi connectivity index (χ0v) is 11.9. The Morgan fingerprint density at radius 1 is 1.45 bits per heavy atom. The molecule has 2 N–H and O–H groups in total. The first kappa shape index (κ1) is 13.4. The Balaban J connectivity index is 1.57. The molecule has 1 aliphatic rings. The summed E-state index contributed by atoms with van der Waals surface area (Å²) in [6.07, 6.45) is 2.25. The normalized spacial score (nSPS) is 16.6. The summed E-state index contributed by atoms with van der Waals surface area (Å²) in [5, 5.41) is 16.8. The molecule has 0 aromatic carbocycles. The van der Waals surface area contributed by atoms with Crippen LogP contribution in [-0.2, 0) is 4.79 Å². The van der Waals surface area contributed by atoms with Crippen molar-refractivity contribution in [3.05, 3.63) is 34.7 Å². The maximum Gasteiger partial charge on any atom is 0.223 e. The number of nitrogens with one attached hydrogen (secondary N) is 1. The monoisotopic (exact) mass is 291 g/mol. The third-order valence-corrected chi connectivity index (χ3v) is 4.39. The molecule has 106 valence electrons. The van der Waals surface area contributed by atoms with Crippen molar-refractivity contribution in [1.29, 1.82) is 0 Å². The number of furan rings is 1. The lowest BCUT2D eigenvalue weighted by Crippen LogP contribution is -2.36. The minimum absolute atomic E-state index is 0.0416. The topological polar surface area (TPSA) is 62.5 Å². The van der Waals surface area contributed by atoms with E-state index >= 15 is 0 Å². The third-order valence-electron chi connectivity index (χ3n) is 3.71. The first-order chi connectivity index (χ1) is 9.74. The highest BCUT2D eigenvalue weighted by atomic mass is 32.1. The molecule has 20 heavy (non-hydrogen) atoms. The molecule has 0 unspecified atom stereocenters. The molecule has 5 heteroatoms. The van der Waals surface area contributed by atoms with Gasteiger partial charge in [0.15, 0.2) is 0 Å². The van der Waals surface area contributed by atoms with E-state index in [1.807, 2.05) is 22.9 Å². The van der Waals surface area contributed by atoms with Gasteiger partial charge in [0.25, 0.3) is 0 Å². The van der Waals surface area contributed by atoms with Crippen LogP contribution >= 0.6 is 11.3 Å². The van der Waals surface area contributed by atoms with Gasteiger partial charge in [-0.15, -0.1) is 0 Å². The maximum atomic E-state index is 11.7. The van der Waals surface area contributed by atoms with Gasteiger partial charge in [0.1, 0.15) is 17.6 Å². The van der Waals surface area contributed by atoms with Crippen molar-refractivity contribution in [3.8, 4) is 11.3 Å². The van der Waals surface area contributed by atoms with E-state index in [9.17, 15) is 9.90 Å². The lowest BCUT2D eigenvalue weighted by Gasteiger charge is -2.24. The average Bonchev–Trinajstić information content (AvgIpc) is 3.03. The Hall–Kier alpha value is -1.59. The fourth-order valence-corrected chi connectivity index (χ4v) is 2.85. The van der Waals surface area contributed by atoms with Gasteiger partial charge in [-0.05, 0) is 36.4 Å². The molecule has 0 radical (unpaired) electrons. The molecular formula is C15H17NO3S. The largest absolute Gasteiger partial charge is 0.458 e. The van der Waals surface area contributed by atoms with Gasteiger partial charge in [0, 0.05) is 16.9 Å². The molecule has 4 nitrogen and oxygen atoms in total. The van der Waals surface area contributed by atoms with Gasteiger partial charge in [-0.1, -0.05) is 6.42 Å². The van der Waals surface area contributed by atoms with E-state index in [1.54, 1.807) is 17.4 Å². The van der Waals surface area contributed by atoms with Crippen molar-refractivity contribution in [2.45, 2.75) is 25.4 Å². The highest BCUT2D eigenvalue weighted by Gasteiger charge is 2.25. The summed E-state index contributed by atoms with van der Waals surface area (Å²) in [5.74, 6) is 1.41. The molecule has 2 aromatic heterocycles. The van der Waals surface area contributed by atoms with E-state index in [-0.39, 0.29) is 18.4 Å². The Morgan fingerprint density at radius 3 is 2.95 bits per heavy atom. The van der Waals surface area contributed by atoms with Crippen LogP contribution in [0.5, 0.6) is 0 Å². The number of hydrogen-bond donors (Lipinski definition) is 2. The summed E-state index contributed by atoms with van der Waals surface area (Å²) in [6.45, 7) is 0.200. The summed E-state index contributed by atoms with van der Waals surface area (Å²) >= 11 is 1.60. The number of thiophene rings is 1. The Morgan fingerprint density at radius 2 is 2.30 bits per heavy atom. The number of aliphatic hydroxyl groups excluding tert-OH is 1. The second-order valence-electron chi connectivity index (χ2n) is 5.10. The summed E-state index contributed by atoms with van der Waals surface area (Å²) in [6, 6.07) is 5.57. The molecule has 1 aliphatic carbocycles. The third kappa shape index (κ3) is 2.78. The van der Waals surface area contributed by atoms with Crippen LogP contribution in [-0.4, -0.2) is 17.6 Å². The Labute approximate surface area is 121 Å². The molecule has 0 aliphatic heterocycles. The minimum Gasteiger partial charge on any atom is -0.458 e. The molecule has 1 saturated carbocycles. The van der Waals surface area contributed by atoms with Crippen LogP contribution in [0.1, 0.15) is 31.1 Å². The lowest BCUT2D eigenvalue weighted by atomic mass is 9.85. The zero-order chi connectivity index (χ0) is 13.9. The summed E-state index contributed by atoms with van der Waals surface area (Å²) in [5.41, 5.74) is 1.01. The van der Waals surface area contributed by atoms with Crippen molar-refractivity contribution >= 4 is 17.2 Å². The predicted molar refractivity (Wildman–Crippen MR) is 77.3 cm³/mol. The average molecular weight is 291 g/mol. The highest BCUT2D eigenvalue weighted by molar-refractivity contribution is 7.08. The maximum absolute atomic E-state index is 11.7. The fourth-order valence-electron chi connectivity index (χ4n) is 2.20. The van der Waals surface area contributed by atoms with Crippen LogP contribution in [0.3, 0.4) is 0 Å². The second kappa shape index (κ2) is 5.81. The number of hydrogen-bond acceptors (Lipinski definition) is 4. The van der Waals surface area contributed by atoms with Crippen LogP contribution in [0.15, 0.2) is 33.4 Å². The lowest BCUT2D eigenvalue weighted by molar-refractivity contribution is -0.127. The molecule has 1 amide bonds. The Bertz CT molecular complexity index is 572. The van der Waals surface area contributed by atoms with Gasteiger partial charge in [0.2, 0.25) is 5.91 Å². The molecule has 0 saturated heterocycles. The van der Waals surface area contributed by atoms with Crippen LogP contribution < -0.4 is 5.32 Å². The van der Waals surface area contributed by atoms with E-state index in [0.717, 1.165) is 30.6 Å². The predicted octanol–water partition coefficient (Wildman–Crippen LogP) is 2.96. The van der Waals surface area contributed by atoms with Gasteiger partial charge >= 0.3 is 0 Å². The standard InChI is InChI=1S/C15H17NO3S/c17-12(8-16-15(18)10-2-1-3-10)14-5-4-13(19-14)11-6-7-20-9-11/h4-7,9-10,12,17H,1-3,8H2,(H,16,18)/t12-/m0/s1.